The quantitative estimate of drug-likeness (QED) is 0.0238. The highest BCUT2D eigenvalue weighted by atomic mass is 16.3. The lowest BCUT2D eigenvalue weighted by Crippen LogP contribution is -2.21. The molecule has 135 heavy (non-hydrogen) atoms. The number of hydrogen-bond donors (Lipinski definition) is 3. The Morgan fingerprint density at radius 2 is 0.667 bits per heavy atom. The first-order valence-electron chi connectivity index (χ1n) is 51.8. The average molecular weight is 1820 g/mol. The zero-order valence-electron chi connectivity index (χ0n) is 83.6. The van der Waals surface area contributed by atoms with Crippen LogP contribution >= 0.6 is 0 Å². The van der Waals surface area contributed by atoms with Crippen molar-refractivity contribution in [3.8, 4) is 17.2 Å². The zero-order valence-corrected chi connectivity index (χ0v) is 79.6. The van der Waals surface area contributed by atoms with Crippen LogP contribution < -0.4 is 4.90 Å². The van der Waals surface area contributed by atoms with Gasteiger partial charge >= 0.3 is 0 Å². The van der Waals surface area contributed by atoms with Gasteiger partial charge < -0.3 is 38.5 Å². The number of carbonyl (C=O) groups excluding carboxylic acids is 5. The molecule has 9 aromatic heterocycles. The van der Waals surface area contributed by atoms with Gasteiger partial charge in [0.05, 0.1) is 0 Å². The third-order valence-electron chi connectivity index (χ3n) is 24.9. The highest BCUT2D eigenvalue weighted by molar-refractivity contribution is 5.93. The number of Topliss-reactive ketones (excluding diaryl/α,β-unsaturated/α-hetero) is 4. The van der Waals surface area contributed by atoms with E-state index in [-0.39, 0.29) is 23.1 Å². The fraction of sp³-hybridized carbons (Fsp3) is 0.402. The number of unbranched alkanes of at least 4 members (excludes halogenated alkanes) is 20. The van der Waals surface area contributed by atoms with Crippen molar-refractivity contribution in [2.45, 2.75) is 290 Å². The van der Waals surface area contributed by atoms with Gasteiger partial charge in [-0.15, -0.1) is 0 Å². The normalized spacial score (nSPS) is 12.9. The second kappa shape index (κ2) is 59.1. The lowest BCUT2D eigenvalue weighted by Gasteiger charge is -2.19. The van der Waals surface area contributed by atoms with Gasteiger partial charge in [0, 0.05) is 228 Å². The summed E-state index contributed by atoms with van der Waals surface area (Å²) < 4.78 is 41.4. The maximum absolute atomic E-state index is 12.2. The summed E-state index contributed by atoms with van der Waals surface area (Å²) in [6.45, 7) is 10.4. The molecule has 10 heterocycles. The minimum atomic E-state index is -1.04. The van der Waals surface area contributed by atoms with Crippen LogP contribution in [0.4, 0.5) is 5.69 Å². The van der Waals surface area contributed by atoms with E-state index in [1.165, 1.54) is 101 Å². The molecule has 0 aliphatic carbocycles. The van der Waals surface area contributed by atoms with Crippen molar-refractivity contribution in [2.24, 2.45) is 0 Å². The highest BCUT2D eigenvalue weighted by Crippen LogP contribution is 2.32. The molecule has 0 spiro atoms. The number of aromatic nitrogens is 9. The van der Waals surface area contributed by atoms with E-state index in [1.54, 1.807) is 110 Å². The SMILES string of the molecule is Cc1ccc2c(ccn2CCCCCCCC(=O)/C=C/c2cccnc2)c1.Cc1ccc2c(ccn2CCCCCCCC(=O)CCc2cccnc2)c1.O=C(CCCCCCCn1ccc2cc(O)ccc21)CCc1cccnc1.[2H]C(C(=O)CCCCCCCN1CCc2cc(O)ccc21)C([2H])c1cccnc1.[2H]C(C(=O)CCCCCCCn1ccc2cc(O)ccc21)C([2H])c1cccnc1. The number of benzene rings is 5. The molecule has 3 N–H and O–H groups in total. The molecule has 710 valence electrons. The Hall–Kier alpha value is -12.7. The Labute approximate surface area is 806 Å². The van der Waals surface area contributed by atoms with Gasteiger partial charge in [-0.3, -0.25) is 48.9 Å². The summed E-state index contributed by atoms with van der Waals surface area (Å²) in [6.07, 6.45) is 59.2. The van der Waals surface area contributed by atoms with Crippen LogP contribution in [-0.4, -0.2) is 101 Å². The molecule has 0 saturated heterocycles. The van der Waals surface area contributed by atoms with Gasteiger partial charge in [0.1, 0.15) is 40.4 Å². The predicted octanol–water partition coefficient (Wildman–Crippen LogP) is 27.1. The smallest absolute Gasteiger partial charge is 0.155 e. The molecule has 4 atom stereocenters. The molecule has 0 fully saturated rings. The van der Waals surface area contributed by atoms with Crippen LogP contribution in [-0.2, 0) is 82.2 Å². The van der Waals surface area contributed by atoms with Crippen LogP contribution in [0, 0.1) is 13.8 Å². The number of rotatable bonds is 54. The summed E-state index contributed by atoms with van der Waals surface area (Å²) >= 11 is 0. The number of phenols is 3. The molecule has 0 bridgehead atoms. The van der Waals surface area contributed by atoms with Gasteiger partial charge in [-0.25, -0.2) is 0 Å². The predicted molar refractivity (Wildman–Crippen MR) is 552 cm³/mol. The van der Waals surface area contributed by atoms with E-state index >= 15 is 0 Å². The van der Waals surface area contributed by atoms with Crippen LogP contribution in [0.3, 0.4) is 0 Å². The monoisotopic (exact) mass is 1820 g/mol. The molecule has 18 heteroatoms. The Morgan fingerprint density at radius 3 is 1.06 bits per heavy atom. The average Bonchev–Trinajstić information content (AvgIpc) is 1.70. The van der Waals surface area contributed by atoms with Gasteiger partial charge in [-0.05, 0) is 300 Å². The summed E-state index contributed by atoms with van der Waals surface area (Å²) in [5.74, 6) is 1.59. The third-order valence-corrected chi connectivity index (χ3v) is 24.9. The summed E-state index contributed by atoms with van der Waals surface area (Å²) in [7, 11) is 0. The van der Waals surface area contributed by atoms with Crippen molar-refractivity contribution in [1.29, 1.82) is 0 Å². The largest absolute Gasteiger partial charge is 0.508 e. The Balaban J connectivity index is 0.000000166. The first-order chi connectivity index (χ1) is 67.8. The van der Waals surface area contributed by atoms with Crippen molar-refractivity contribution >= 4 is 84.3 Å². The summed E-state index contributed by atoms with van der Waals surface area (Å²) in [5, 5.41) is 33.4. The van der Waals surface area contributed by atoms with Crippen LogP contribution in [0.5, 0.6) is 17.2 Å². The molecule has 0 saturated carbocycles. The van der Waals surface area contributed by atoms with Crippen molar-refractivity contribution in [3.05, 3.63) is 313 Å². The van der Waals surface area contributed by atoms with E-state index in [0.717, 1.165) is 207 Å². The topological polar surface area (TPSA) is 233 Å². The molecule has 1 aliphatic heterocycles. The lowest BCUT2D eigenvalue weighted by atomic mass is 10.0. The summed E-state index contributed by atoms with van der Waals surface area (Å²) in [6, 6.07) is 57.0. The highest BCUT2D eigenvalue weighted by Gasteiger charge is 2.19. The summed E-state index contributed by atoms with van der Waals surface area (Å²) in [5.41, 5.74) is 14.6. The first-order valence-corrected chi connectivity index (χ1v) is 49.5. The molecular formula is C117H144N10O8. The maximum atomic E-state index is 12.2. The number of nitrogens with zero attached hydrogens (tertiary/aromatic N) is 10. The van der Waals surface area contributed by atoms with E-state index in [9.17, 15) is 39.3 Å². The minimum Gasteiger partial charge on any atom is -0.508 e. The van der Waals surface area contributed by atoms with Crippen molar-refractivity contribution in [3.63, 3.8) is 0 Å². The van der Waals surface area contributed by atoms with E-state index in [1.807, 2.05) is 91.3 Å². The fourth-order valence-electron chi connectivity index (χ4n) is 17.3. The lowest BCUT2D eigenvalue weighted by molar-refractivity contribution is -0.120. The van der Waals surface area contributed by atoms with E-state index < -0.39 is 25.6 Å². The number of carbonyl (C=O) groups is 5. The van der Waals surface area contributed by atoms with Crippen LogP contribution in [0.1, 0.15) is 268 Å². The van der Waals surface area contributed by atoms with E-state index in [2.05, 4.69) is 135 Å². The number of aryl methyl sites for hydroxylation is 10. The molecule has 5 aromatic carbocycles. The number of hydrogen-bond acceptors (Lipinski definition) is 14. The number of ketones is 5. The van der Waals surface area contributed by atoms with Crippen LogP contribution in [0.2, 0.25) is 0 Å². The molecule has 0 radical (unpaired) electrons. The van der Waals surface area contributed by atoms with Crippen molar-refractivity contribution < 1.29 is 44.8 Å². The van der Waals surface area contributed by atoms with Crippen molar-refractivity contribution in [1.82, 2.24) is 43.2 Å². The summed E-state index contributed by atoms with van der Waals surface area (Å²) in [4.78, 5) is 82.8. The number of fused-ring (bicyclic) bond motifs is 5. The fourth-order valence-corrected chi connectivity index (χ4v) is 17.3. The van der Waals surface area contributed by atoms with Gasteiger partial charge in [-0.1, -0.05) is 150 Å². The zero-order chi connectivity index (χ0) is 98.0. The minimum absolute atomic E-state index is 0.147. The van der Waals surface area contributed by atoms with E-state index in [4.69, 9.17) is 5.48 Å². The van der Waals surface area contributed by atoms with Crippen molar-refractivity contribution in [2.75, 3.05) is 18.0 Å². The Bertz CT molecular complexity index is 5880. The number of pyridine rings is 5. The maximum Gasteiger partial charge on any atom is 0.155 e. The molecule has 4 unspecified atom stereocenters. The first kappa shape index (κ1) is 96.9. The molecular weight excluding hydrogens is 1670 g/mol. The Kier molecular flexibility index (Phi) is 42.4. The van der Waals surface area contributed by atoms with Gasteiger partial charge in [0.15, 0.2) is 5.78 Å². The molecule has 18 nitrogen and oxygen atoms in total. The van der Waals surface area contributed by atoms with Crippen LogP contribution in [0.25, 0.3) is 49.7 Å². The number of aromatic hydroxyl groups is 3. The molecule has 0 amide bonds. The molecule has 15 rings (SSSR count). The standard InChI is InChI=1S/C24H30N2O.C24H28N2O.C23H30N2O2.2C23H28N2O2/c2*1-20-10-13-24-22(18-20)14-17-26(24)16-6-4-2-3-5-9-23(27)12-11-21-8-7-15-25-19-21;3*26-21(10-9-19-7-6-14-24-18-19)8-4-2-1-3-5-15-25-16-13-20-17-22(27)11-12-23(20)25/h7-8,10,13-15,17-19H,2-6,9,11-12,16H2,1H3;7-8,10-15,17-19H,2-6,9,16H2,1H3;6-7,11-12,14,17-18,27H,1-5,8-10,13,15-16H2;2*6-7,11-14,16-18,27H,1-5,8-10,15H2/b;12-11+;;;/i;;2*9D,10D;. The second-order valence-electron chi connectivity index (χ2n) is 35.8. The molecule has 1 aliphatic rings. The number of phenolic OH excluding ortho intramolecular Hbond substituents is 3. The van der Waals surface area contributed by atoms with Gasteiger partial charge in [0.2, 0.25) is 0 Å². The van der Waals surface area contributed by atoms with Crippen LogP contribution in [0.15, 0.2) is 269 Å². The Morgan fingerprint density at radius 1 is 0.333 bits per heavy atom. The van der Waals surface area contributed by atoms with Gasteiger partial charge in [-0.2, -0.15) is 0 Å². The molecule has 14 aromatic rings. The second-order valence-corrected chi connectivity index (χ2v) is 35.8. The number of anilines is 1. The number of allylic oxidation sites excluding steroid dienone is 1. The van der Waals surface area contributed by atoms with Gasteiger partial charge in [0.25, 0.3) is 0 Å². The van der Waals surface area contributed by atoms with E-state index in [0.29, 0.717) is 72.7 Å². The third kappa shape index (κ3) is 38.3.